The highest BCUT2D eigenvalue weighted by molar-refractivity contribution is 5.40. The van der Waals surface area contributed by atoms with Crippen LogP contribution in [0.4, 0.5) is 5.69 Å². The van der Waals surface area contributed by atoms with Gasteiger partial charge in [-0.1, -0.05) is 12.1 Å². The van der Waals surface area contributed by atoms with Crippen molar-refractivity contribution in [3.05, 3.63) is 39.9 Å². The lowest BCUT2D eigenvalue weighted by atomic mass is 9.77. The molecule has 1 aromatic rings. The fourth-order valence-electron chi connectivity index (χ4n) is 2.08. The fourth-order valence-corrected chi connectivity index (χ4v) is 2.08. The van der Waals surface area contributed by atoms with Crippen molar-refractivity contribution in [1.29, 1.82) is 5.26 Å². The molecule has 1 unspecified atom stereocenters. The molecule has 2 rings (SSSR count). The maximum absolute atomic E-state index is 10.6. The number of hydrogen-bond acceptors (Lipinski definition) is 4. The molecule has 0 aromatic heterocycles. The van der Waals surface area contributed by atoms with Crippen molar-refractivity contribution in [3.8, 4) is 6.07 Å². The highest BCUT2D eigenvalue weighted by atomic mass is 16.6. The molecule has 0 radical (unpaired) electrons. The van der Waals surface area contributed by atoms with Crippen LogP contribution in [0.5, 0.6) is 0 Å². The number of nitriles is 1. The van der Waals surface area contributed by atoms with Crippen molar-refractivity contribution in [2.45, 2.75) is 18.3 Å². The molecule has 88 valence electrons. The summed E-state index contributed by atoms with van der Waals surface area (Å²) >= 11 is 0. The van der Waals surface area contributed by atoms with E-state index in [0.29, 0.717) is 13.2 Å². The van der Waals surface area contributed by atoms with Crippen molar-refractivity contribution >= 4 is 5.69 Å². The summed E-state index contributed by atoms with van der Waals surface area (Å²) in [5, 5.41) is 19.9. The number of nitro benzene ring substituents is 1. The Labute approximate surface area is 98.8 Å². The molecule has 0 aliphatic carbocycles. The average molecular weight is 232 g/mol. The van der Waals surface area contributed by atoms with Crippen molar-refractivity contribution in [2.75, 3.05) is 13.2 Å². The molecular formula is C12H12N2O3. The van der Waals surface area contributed by atoms with E-state index in [-0.39, 0.29) is 5.69 Å². The summed E-state index contributed by atoms with van der Waals surface area (Å²) in [6.07, 6.45) is 1.58. The topological polar surface area (TPSA) is 76.2 Å². The second kappa shape index (κ2) is 4.52. The van der Waals surface area contributed by atoms with Crippen LogP contribution in [0.15, 0.2) is 24.3 Å². The maximum Gasteiger partial charge on any atom is 0.269 e. The van der Waals surface area contributed by atoms with Crippen LogP contribution in [0.1, 0.15) is 18.4 Å². The summed E-state index contributed by atoms with van der Waals surface area (Å²) in [6.45, 7) is 1.04. The molecule has 0 amide bonds. The number of nitrogens with zero attached hydrogens (tertiary/aromatic N) is 2. The SMILES string of the molecule is N#CC1(c2ccc([N+](=O)[O-])cc2)CCCOC1. The van der Waals surface area contributed by atoms with E-state index in [1.165, 1.54) is 12.1 Å². The molecule has 1 aliphatic rings. The number of ether oxygens (including phenoxy) is 1. The van der Waals surface area contributed by atoms with Gasteiger partial charge in [0.15, 0.2) is 0 Å². The van der Waals surface area contributed by atoms with Crippen molar-refractivity contribution in [2.24, 2.45) is 0 Å². The van der Waals surface area contributed by atoms with E-state index in [4.69, 9.17) is 4.74 Å². The molecule has 0 bridgehead atoms. The number of nitro groups is 1. The zero-order valence-electron chi connectivity index (χ0n) is 9.26. The van der Waals surface area contributed by atoms with Gasteiger partial charge < -0.3 is 4.74 Å². The lowest BCUT2D eigenvalue weighted by molar-refractivity contribution is -0.384. The zero-order valence-corrected chi connectivity index (χ0v) is 9.26. The monoisotopic (exact) mass is 232 g/mol. The fraction of sp³-hybridized carbons (Fsp3) is 0.417. The molecule has 17 heavy (non-hydrogen) atoms. The second-order valence-corrected chi connectivity index (χ2v) is 4.15. The van der Waals surface area contributed by atoms with E-state index < -0.39 is 10.3 Å². The Morgan fingerprint density at radius 2 is 2.12 bits per heavy atom. The van der Waals surface area contributed by atoms with Crippen molar-refractivity contribution < 1.29 is 9.66 Å². The quantitative estimate of drug-likeness (QED) is 0.578. The Hall–Kier alpha value is -1.93. The molecular weight excluding hydrogens is 220 g/mol. The molecule has 1 aromatic carbocycles. The van der Waals surface area contributed by atoms with Gasteiger partial charge in [-0.3, -0.25) is 10.1 Å². The van der Waals surface area contributed by atoms with Gasteiger partial charge in [0, 0.05) is 18.7 Å². The standard InChI is InChI=1S/C12H12N2O3/c13-8-12(6-1-7-17-9-12)10-2-4-11(5-3-10)14(15)16/h2-5H,1,6-7,9H2. The van der Waals surface area contributed by atoms with E-state index in [1.54, 1.807) is 12.1 Å². The molecule has 0 spiro atoms. The van der Waals surface area contributed by atoms with E-state index >= 15 is 0 Å². The van der Waals surface area contributed by atoms with Gasteiger partial charge in [-0.15, -0.1) is 0 Å². The van der Waals surface area contributed by atoms with Gasteiger partial charge in [0.05, 0.1) is 17.6 Å². The zero-order chi connectivity index (χ0) is 12.3. The first kappa shape index (κ1) is 11.6. The molecule has 5 nitrogen and oxygen atoms in total. The smallest absolute Gasteiger partial charge is 0.269 e. The minimum absolute atomic E-state index is 0.0403. The van der Waals surface area contributed by atoms with Crippen LogP contribution in [0, 0.1) is 21.4 Å². The molecule has 0 N–H and O–H groups in total. The molecule has 1 aliphatic heterocycles. The average Bonchev–Trinajstić information content (AvgIpc) is 2.39. The minimum atomic E-state index is -0.645. The molecule has 0 saturated carbocycles. The molecule has 1 heterocycles. The number of hydrogen-bond donors (Lipinski definition) is 0. The maximum atomic E-state index is 10.6. The van der Waals surface area contributed by atoms with Gasteiger partial charge in [-0.25, -0.2) is 0 Å². The number of non-ortho nitro benzene ring substituents is 1. The normalized spacial score (nSPS) is 23.9. The van der Waals surface area contributed by atoms with Crippen molar-refractivity contribution in [3.63, 3.8) is 0 Å². The van der Waals surface area contributed by atoms with Crippen LogP contribution in [0.2, 0.25) is 0 Å². The van der Waals surface area contributed by atoms with Gasteiger partial charge in [0.2, 0.25) is 0 Å². The van der Waals surface area contributed by atoms with Crippen LogP contribution >= 0.6 is 0 Å². The first-order chi connectivity index (χ1) is 8.18. The van der Waals surface area contributed by atoms with Crippen LogP contribution in [-0.4, -0.2) is 18.1 Å². The molecule has 1 fully saturated rings. The van der Waals surface area contributed by atoms with E-state index in [1.807, 2.05) is 0 Å². The highest BCUT2D eigenvalue weighted by Gasteiger charge is 2.35. The summed E-state index contributed by atoms with van der Waals surface area (Å²) in [7, 11) is 0. The highest BCUT2D eigenvalue weighted by Crippen LogP contribution is 2.33. The van der Waals surface area contributed by atoms with Gasteiger partial charge in [-0.2, -0.15) is 5.26 Å². The van der Waals surface area contributed by atoms with Crippen LogP contribution in [0.25, 0.3) is 0 Å². The third-order valence-corrected chi connectivity index (χ3v) is 3.09. The predicted octanol–water partition coefficient (Wildman–Crippen LogP) is 2.17. The Morgan fingerprint density at radius 3 is 2.59 bits per heavy atom. The van der Waals surface area contributed by atoms with E-state index in [2.05, 4.69) is 6.07 Å². The first-order valence-corrected chi connectivity index (χ1v) is 5.42. The van der Waals surface area contributed by atoms with Gasteiger partial charge in [0.25, 0.3) is 5.69 Å². The predicted molar refractivity (Wildman–Crippen MR) is 60.4 cm³/mol. The molecule has 1 atom stereocenters. The molecule has 1 saturated heterocycles. The van der Waals surface area contributed by atoms with Gasteiger partial charge in [0.1, 0.15) is 5.41 Å². The van der Waals surface area contributed by atoms with Crippen LogP contribution in [0.3, 0.4) is 0 Å². The minimum Gasteiger partial charge on any atom is -0.379 e. The van der Waals surface area contributed by atoms with Crippen LogP contribution in [-0.2, 0) is 10.2 Å². The summed E-state index contributed by atoms with van der Waals surface area (Å²) in [6, 6.07) is 8.45. The lowest BCUT2D eigenvalue weighted by Crippen LogP contribution is -2.34. The third-order valence-electron chi connectivity index (χ3n) is 3.09. The Kier molecular flexibility index (Phi) is 3.07. The van der Waals surface area contributed by atoms with E-state index in [9.17, 15) is 15.4 Å². The Balaban J connectivity index is 2.32. The summed E-state index contributed by atoms with van der Waals surface area (Å²) in [5.74, 6) is 0. The van der Waals surface area contributed by atoms with E-state index in [0.717, 1.165) is 18.4 Å². The van der Waals surface area contributed by atoms with Gasteiger partial charge in [-0.05, 0) is 18.4 Å². The lowest BCUT2D eigenvalue weighted by Gasteiger charge is -2.30. The van der Waals surface area contributed by atoms with Crippen molar-refractivity contribution in [1.82, 2.24) is 0 Å². The summed E-state index contributed by atoms with van der Waals surface area (Å²) < 4.78 is 5.35. The van der Waals surface area contributed by atoms with Crippen LogP contribution < -0.4 is 0 Å². The first-order valence-electron chi connectivity index (χ1n) is 5.42. The summed E-state index contributed by atoms with van der Waals surface area (Å²) in [4.78, 5) is 10.1. The molecule has 5 heteroatoms. The summed E-state index contributed by atoms with van der Waals surface area (Å²) in [5.41, 5.74) is 0.191. The third kappa shape index (κ3) is 2.12. The second-order valence-electron chi connectivity index (χ2n) is 4.15. The number of rotatable bonds is 2. The van der Waals surface area contributed by atoms with Gasteiger partial charge >= 0.3 is 0 Å². The Morgan fingerprint density at radius 1 is 1.41 bits per heavy atom. The number of benzene rings is 1. The Bertz CT molecular complexity index is 456. The largest absolute Gasteiger partial charge is 0.379 e.